The molecule has 2 fully saturated rings. The maximum absolute atomic E-state index is 13.7. The SMILES string of the molecule is C=CC(=O)OCCCCCCOc1ccc(OC(=O)C2CCC(C(=O)Oc3ccc(OC(=O)C4CCC(C(=O)Oc5ccc(OCCCCCCOC(=O)C=C)cc5)CC4)c(CN=Nc4nc5nccnc5s4)c3)CC2)cc1. The number of azo groups is 1. The summed E-state index contributed by atoms with van der Waals surface area (Å²) in [6, 6.07) is 18.5. The molecule has 0 amide bonds. The van der Waals surface area contributed by atoms with Crippen molar-refractivity contribution in [3.8, 4) is 34.5 Å². The van der Waals surface area contributed by atoms with Crippen molar-refractivity contribution in [3.05, 3.63) is 110 Å². The van der Waals surface area contributed by atoms with Crippen molar-refractivity contribution < 1.29 is 66.7 Å². The smallest absolute Gasteiger partial charge is 0.330 e. The third kappa shape index (κ3) is 18.7. The van der Waals surface area contributed by atoms with Crippen molar-refractivity contribution in [2.24, 2.45) is 33.9 Å². The summed E-state index contributed by atoms with van der Waals surface area (Å²) >= 11 is 1.22. The number of hydrogen-bond acceptors (Lipinski definition) is 20. The van der Waals surface area contributed by atoms with Crippen LogP contribution in [0.5, 0.6) is 34.5 Å². The Kier molecular flexibility index (Phi) is 22.8. The predicted molar refractivity (Wildman–Crippen MR) is 286 cm³/mol. The van der Waals surface area contributed by atoms with Crippen molar-refractivity contribution in [3.63, 3.8) is 0 Å². The van der Waals surface area contributed by atoms with Crippen LogP contribution < -0.4 is 28.4 Å². The molecule has 0 N–H and O–H groups in total. The van der Waals surface area contributed by atoms with E-state index in [9.17, 15) is 28.8 Å². The highest BCUT2D eigenvalue weighted by Gasteiger charge is 2.34. The number of rotatable bonds is 29. The van der Waals surface area contributed by atoms with Crippen molar-refractivity contribution in [1.82, 2.24) is 15.0 Å². The lowest BCUT2D eigenvalue weighted by Crippen LogP contribution is -2.30. The quantitative estimate of drug-likeness (QED) is 0.0142. The van der Waals surface area contributed by atoms with Gasteiger partial charge >= 0.3 is 35.8 Å². The van der Waals surface area contributed by atoms with Crippen LogP contribution in [0.1, 0.15) is 108 Å². The van der Waals surface area contributed by atoms with E-state index in [2.05, 4.69) is 38.3 Å². The van der Waals surface area contributed by atoms with Gasteiger partial charge in [-0.05, 0) is 169 Å². The Hall–Kier alpha value is -7.87. The Bertz CT molecular complexity index is 2810. The second-order valence-corrected chi connectivity index (χ2v) is 19.8. The van der Waals surface area contributed by atoms with E-state index in [0.717, 1.165) is 63.5 Å². The minimum absolute atomic E-state index is 0.0450. The molecule has 2 aliphatic rings. The molecule has 3 aromatic carbocycles. The molecule has 5 aromatic rings. The molecule has 0 saturated heterocycles. The van der Waals surface area contributed by atoms with Crippen LogP contribution in [0.15, 0.2) is 115 Å². The van der Waals surface area contributed by atoms with E-state index < -0.39 is 35.7 Å². The number of unbranched alkanes of at least 4 members (excludes halogenated alkanes) is 6. The molecule has 2 aromatic heterocycles. The van der Waals surface area contributed by atoms with Gasteiger partial charge in [-0.2, -0.15) is 10.1 Å². The molecule has 7 rings (SSSR count). The topological polar surface area (TPSA) is 240 Å². The van der Waals surface area contributed by atoms with Gasteiger partial charge in [0, 0.05) is 30.1 Å². The molecule has 78 heavy (non-hydrogen) atoms. The number of nitrogens with zero attached hydrogens (tertiary/aromatic N) is 5. The molecule has 412 valence electrons. The lowest BCUT2D eigenvalue weighted by molar-refractivity contribution is -0.145. The molecule has 19 nitrogen and oxygen atoms in total. The Morgan fingerprint density at radius 1 is 0.513 bits per heavy atom. The summed E-state index contributed by atoms with van der Waals surface area (Å²) in [7, 11) is 0. The highest BCUT2D eigenvalue weighted by Crippen LogP contribution is 2.36. The van der Waals surface area contributed by atoms with Crippen LogP contribution in [0.4, 0.5) is 5.13 Å². The van der Waals surface area contributed by atoms with Crippen molar-refractivity contribution >= 4 is 62.8 Å². The van der Waals surface area contributed by atoms with Gasteiger partial charge in [-0.3, -0.25) is 19.2 Å². The molecule has 0 spiro atoms. The highest BCUT2D eigenvalue weighted by atomic mass is 32.1. The van der Waals surface area contributed by atoms with Gasteiger partial charge < -0.3 is 37.9 Å². The van der Waals surface area contributed by atoms with Crippen molar-refractivity contribution in [2.45, 2.75) is 109 Å². The third-order valence-corrected chi connectivity index (χ3v) is 14.0. The lowest BCUT2D eigenvalue weighted by Gasteiger charge is -2.26. The number of fused-ring (bicyclic) bond motifs is 1. The Labute approximate surface area is 456 Å². The zero-order valence-electron chi connectivity index (χ0n) is 43.6. The highest BCUT2D eigenvalue weighted by molar-refractivity contribution is 7.21. The molecular weight excluding hydrogens is 1020 g/mol. The average molecular weight is 1090 g/mol. The first-order valence-electron chi connectivity index (χ1n) is 26.5. The van der Waals surface area contributed by atoms with Crippen LogP contribution in [-0.2, 0) is 44.8 Å². The standard InChI is InChI=1S/C58H65N5O14S/c1-3-50(64)72-35-11-7-5-9-33-70-44-21-25-46(26-22-44)74-54(66)39-13-15-41(16-14-39)56(68)76-48-29-30-49(43(37-48)38-61-63-58-62-52-53(78-58)60-32-31-59-52)77-57(69)42-19-17-40(18-20-42)55(67)75-47-27-23-45(24-28-47)71-34-10-6-8-12-36-73-51(65)4-2/h3-4,21-32,37,39-42H,1-2,5-20,33-36,38H2. The first kappa shape index (κ1) is 57.8. The second kappa shape index (κ2) is 30.8. The number of carbonyl (C=O) groups is 6. The summed E-state index contributed by atoms with van der Waals surface area (Å²) in [6.45, 7) is 8.51. The van der Waals surface area contributed by atoms with E-state index in [1.807, 2.05) is 0 Å². The van der Waals surface area contributed by atoms with Crippen LogP contribution >= 0.6 is 11.3 Å². The van der Waals surface area contributed by atoms with E-state index in [4.69, 9.17) is 37.9 Å². The summed E-state index contributed by atoms with van der Waals surface area (Å²) in [6.07, 6.45) is 15.8. The molecule has 0 radical (unpaired) electrons. The monoisotopic (exact) mass is 1090 g/mol. The molecule has 0 atom stereocenters. The van der Waals surface area contributed by atoms with Crippen LogP contribution in [-0.4, -0.2) is 77.2 Å². The summed E-state index contributed by atoms with van der Waals surface area (Å²) < 4.78 is 44.9. The summed E-state index contributed by atoms with van der Waals surface area (Å²) in [4.78, 5) is 89.2. The van der Waals surface area contributed by atoms with E-state index >= 15 is 0 Å². The van der Waals surface area contributed by atoms with Gasteiger partial charge in [-0.15, -0.1) is 5.11 Å². The second-order valence-electron chi connectivity index (χ2n) is 18.8. The Balaban J connectivity index is 0.851. The number of benzene rings is 3. The summed E-state index contributed by atoms with van der Waals surface area (Å²) in [5.41, 5.74) is 0.878. The minimum Gasteiger partial charge on any atom is -0.494 e. The number of carbonyl (C=O) groups excluding carboxylic acids is 6. The molecule has 0 aliphatic heterocycles. The third-order valence-electron chi connectivity index (χ3n) is 13.2. The molecule has 20 heteroatoms. The van der Waals surface area contributed by atoms with Gasteiger partial charge in [0.25, 0.3) is 0 Å². The number of aromatic nitrogens is 3. The fourth-order valence-corrected chi connectivity index (χ4v) is 9.52. The fourth-order valence-electron chi connectivity index (χ4n) is 8.81. The fraction of sp³-hybridized carbons (Fsp3) is 0.431. The number of thiazole rings is 1. The van der Waals surface area contributed by atoms with E-state index in [1.54, 1.807) is 72.9 Å². The zero-order valence-corrected chi connectivity index (χ0v) is 44.4. The van der Waals surface area contributed by atoms with Crippen molar-refractivity contribution in [2.75, 3.05) is 26.4 Å². The largest absolute Gasteiger partial charge is 0.494 e. The normalized spacial score (nSPS) is 17.1. The lowest BCUT2D eigenvalue weighted by atomic mass is 9.82. The molecule has 2 aliphatic carbocycles. The van der Waals surface area contributed by atoms with Crippen LogP contribution in [0.3, 0.4) is 0 Å². The Morgan fingerprint density at radius 3 is 1.38 bits per heavy atom. The number of ether oxygens (including phenoxy) is 8. The van der Waals surface area contributed by atoms with Gasteiger partial charge in [0.2, 0.25) is 5.13 Å². The first-order valence-corrected chi connectivity index (χ1v) is 27.3. The molecule has 2 heterocycles. The summed E-state index contributed by atoms with van der Waals surface area (Å²) in [5, 5.41) is 8.95. The maximum Gasteiger partial charge on any atom is 0.330 e. The first-order chi connectivity index (χ1) is 38.0. The van der Waals surface area contributed by atoms with Gasteiger partial charge in [-0.1, -0.05) is 24.5 Å². The van der Waals surface area contributed by atoms with Crippen molar-refractivity contribution in [1.29, 1.82) is 0 Å². The molecule has 0 bridgehead atoms. The zero-order chi connectivity index (χ0) is 54.9. The average Bonchev–Trinajstić information content (AvgIpc) is 3.90. The van der Waals surface area contributed by atoms with E-state index in [0.29, 0.717) is 122 Å². The minimum atomic E-state index is -0.468. The van der Waals surface area contributed by atoms with Gasteiger partial charge in [-0.25, -0.2) is 19.6 Å². The number of hydrogen-bond donors (Lipinski definition) is 0. The maximum atomic E-state index is 13.7. The van der Waals surface area contributed by atoms with E-state index in [1.165, 1.54) is 17.5 Å². The van der Waals surface area contributed by atoms with Gasteiger partial charge in [0.05, 0.1) is 56.6 Å². The van der Waals surface area contributed by atoms with E-state index in [-0.39, 0.29) is 41.8 Å². The van der Waals surface area contributed by atoms with Crippen LogP contribution in [0.2, 0.25) is 0 Å². The van der Waals surface area contributed by atoms with Crippen LogP contribution in [0.25, 0.3) is 10.5 Å². The van der Waals surface area contributed by atoms with Gasteiger partial charge in [0.1, 0.15) is 34.5 Å². The van der Waals surface area contributed by atoms with Crippen LogP contribution in [0, 0.1) is 23.7 Å². The predicted octanol–water partition coefficient (Wildman–Crippen LogP) is 11.3. The molecule has 0 unspecified atom stereocenters. The molecular formula is C58H65N5O14S. The molecule has 2 saturated carbocycles. The summed E-state index contributed by atoms with van der Waals surface area (Å²) in [5.74, 6) is -1.57. The number of esters is 6. The van der Waals surface area contributed by atoms with Gasteiger partial charge in [0.15, 0.2) is 10.5 Å². The Morgan fingerprint density at radius 2 is 0.923 bits per heavy atom.